The largest absolute Gasteiger partial charge is 0.493 e. The SMILES string of the molecule is CCOC(=O)CC1CCN(C(=O)CC[C@H]2O[C@H](c3cccc(OC)c3OC)c3cc(Cl)ccc3-n3c(COC)ccc32)CC1. The lowest BCUT2D eigenvalue weighted by Gasteiger charge is -2.32. The maximum absolute atomic E-state index is 13.5. The number of benzene rings is 2. The second-order valence-corrected chi connectivity index (χ2v) is 11.6. The minimum atomic E-state index is -0.553. The molecular weight excluding hydrogens is 584 g/mol. The molecule has 5 rings (SSSR count). The average Bonchev–Trinajstić information content (AvgIpc) is 3.38. The molecule has 1 aromatic heterocycles. The molecule has 236 valence electrons. The summed E-state index contributed by atoms with van der Waals surface area (Å²) in [5.74, 6) is 1.34. The number of amides is 1. The van der Waals surface area contributed by atoms with Crippen molar-refractivity contribution in [3.05, 3.63) is 76.1 Å². The second kappa shape index (κ2) is 14.5. The highest BCUT2D eigenvalue weighted by atomic mass is 35.5. The summed E-state index contributed by atoms with van der Waals surface area (Å²) < 4.78 is 31.3. The average molecular weight is 625 g/mol. The lowest BCUT2D eigenvalue weighted by atomic mass is 9.93. The molecule has 0 bridgehead atoms. The molecule has 3 aromatic rings. The molecule has 1 saturated heterocycles. The molecule has 9 nitrogen and oxygen atoms in total. The number of hydrogen-bond donors (Lipinski definition) is 0. The minimum Gasteiger partial charge on any atom is -0.493 e. The molecule has 1 fully saturated rings. The van der Waals surface area contributed by atoms with Crippen molar-refractivity contribution in [3.8, 4) is 17.2 Å². The smallest absolute Gasteiger partial charge is 0.306 e. The number of likely N-dealkylation sites (tertiary alicyclic amines) is 1. The Labute approximate surface area is 263 Å². The van der Waals surface area contributed by atoms with Crippen LogP contribution in [-0.4, -0.2) is 62.4 Å². The third kappa shape index (κ3) is 6.75. The Hall–Kier alpha value is -3.53. The van der Waals surface area contributed by atoms with E-state index in [2.05, 4.69) is 4.57 Å². The van der Waals surface area contributed by atoms with Crippen LogP contribution in [0.5, 0.6) is 11.5 Å². The summed E-state index contributed by atoms with van der Waals surface area (Å²) in [5, 5.41) is 0.584. The normalized spacial score (nSPS) is 18.2. The Kier molecular flexibility index (Phi) is 10.5. The predicted octanol–water partition coefficient (Wildman–Crippen LogP) is 6.43. The van der Waals surface area contributed by atoms with Crippen LogP contribution >= 0.6 is 11.6 Å². The van der Waals surface area contributed by atoms with Gasteiger partial charge >= 0.3 is 5.97 Å². The number of methoxy groups -OCH3 is 3. The molecule has 2 aliphatic rings. The molecule has 3 heterocycles. The zero-order valence-corrected chi connectivity index (χ0v) is 26.6. The van der Waals surface area contributed by atoms with Crippen molar-refractivity contribution in [2.24, 2.45) is 5.92 Å². The van der Waals surface area contributed by atoms with E-state index in [4.69, 9.17) is 35.3 Å². The molecule has 0 aliphatic carbocycles. The number of rotatable bonds is 11. The summed E-state index contributed by atoms with van der Waals surface area (Å²) in [5.41, 5.74) is 4.50. The Morgan fingerprint density at radius 3 is 2.50 bits per heavy atom. The topological polar surface area (TPSA) is 88.5 Å². The number of nitrogens with zero attached hydrogens (tertiary/aromatic N) is 2. The standard InChI is InChI=1S/C34H41ClN2O7/c1-5-43-32(39)19-22-15-17-36(18-16-22)31(38)14-13-29-28-12-10-24(21-40-2)37(28)27-11-9-23(35)20-26(27)33(44-29)25-7-6-8-30(41-3)34(25)42-4/h6-12,20,22,29,33H,5,13-19,21H2,1-4H3/t29-,33-/m1/s1. The molecular formula is C34H41ClN2O7. The van der Waals surface area contributed by atoms with Gasteiger partial charge in [0.25, 0.3) is 0 Å². The van der Waals surface area contributed by atoms with Gasteiger partial charge in [-0.05, 0) is 68.5 Å². The maximum atomic E-state index is 13.5. The number of carbonyl (C=O) groups is 2. The van der Waals surface area contributed by atoms with E-state index >= 15 is 0 Å². The highest BCUT2D eigenvalue weighted by Crippen LogP contribution is 2.47. The van der Waals surface area contributed by atoms with Crippen molar-refractivity contribution in [1.29, 1.82) is 0 Å². The summed E-state index contributed by atoms with van der Waals surface area (Å²) in [6.07, 6.45) is 1.82. The van der Waals surface area contributed by atoms with Crippen LogP contribution in [0.4, 0.5) is 0 Å². The Balaban J connectivity index is 1.43. The van der Waals surface area contributed by atoms with Gasteiger partial charge in [-0.25, -0.2) is 0 Å². The molecule has 2 aliphatic heterocycles. The van der Waals surface area contributed by atoms with E-state index in [9.17, 15) is 9.59 Å². The molecule has 2 aromatic carbocycles. The van der Waals surface area contributed by atoms with Crippen LogP contribution < -0.4 is 9.47 Å². The van der Waals surface area contributed by atoms with E-state index in [0.717, 1.165) is 41.0 Å². The number of fused-ring (bicyclic) bond motifs is 3. The van der Waals surface area contributed by atoms with Gasteiger partial charge in [0.2, 0.25) is 5.91 Å². The summed E-state index contributed by atoms with van der Waals surface area (Å²) in [6, 6.07) is 15.6. The molecule has 1 amide bonds. The molecule has 2 atom stereocenters. The summed E-state index contributed by atoms with van der Waals surface area (Å²) in [4.78, 5) is 27.3. The van der Waals surface area contributed by atoms with E-state index in [1.165, 1.54) is 0 Å². The van der Waals surface area contributed by atoms with Crippen LogP contribution in [0.2, 0.25) is 5.02 Å². The van der Waals surface area contributed by atoms with Gasteiger partial charge in [-0.15, -0.1) is 0 Å². The number of carbonyl (C=O) groups excluding carboxylic acids is 2. The highest BCUT2D eigenvalue weighted by Gasteiger charge is 2.35. The summed E-state index contributed by atoms with van der Waals surface area (Å²) >= 11 is 6.57. The van der Waals surface area contributed by atoms with Crippen molar-refractivity contribution in [2.45, 2.75) is 57.8 Å². The number of halogens is 1. The second-order valence-electron chi connectivity index (χ2n) is 11.2. The van der Waals surface area contributed by atoms with Crippen molar-refractivity contribution < 1.29 is 33.3 Å². The van der Waals surface area contributed by atoms with E-state index in [1.807, 2.05) is 60.4 Å². The van der Waals surface area contributed by atoms with E-state index < -0.39 is 12.2 Å². The number of hydrogen-bond acceptors (Lipinski definition) is 7. The molecule has 0 unspecified atom stereocenters. The first-order valence-corrected chi connectivity index (χ1v) is 15.5. The molecule has 10 heteroatoms. The Bertz CT molecular complexity index is 1460. The van der Waals surface area contributed by atoms with Crippen LogP contribution in [0.1, 0.15) is 73.8 Å². The fraction of sp³-hybridized carbons (Fsp3) is 0.471. The molecule has 0 saturated carbocycles. The predicted molar refractivity (Wildman–Crippen MR) is 166 cm³/mol. The van der Waals surface area contributed by atoms with Crippen LogP contribution in [0.25, 0.3) is 5.69 Å². The molecule has 0 spiro atoms. The van der Waals surface area contributed by atoms with Gasteiger partial charge < -0.3 is 33.2 Å². The lowest BCUT2D eigenvalue weighted by Crippen LogP contribution is -2.39. The highest BCUT2D eigenvalue weighted by molar-refractivity contribution is 6.30. The fourth-order valence-electron chi connectivity index (χ4n) is 6.38. The van der Waals surface area contributed by atoms with E-state index in [0.29, 0.717) is 62.1 Å². The van der Waals surface area contributed by atoms with Crippen molar-refractivity contribution in [2.75, 3.05) is 41.0 Å². The van der Waals surface area contributed by atoms with Crippen LogP contribution in [0, 0.1) is 5.92 Å². The maximum Gasteiger partial charge on any atom is 0.306 e. The molecule has 44 heavy (non-hydrogen) atoms. The fourth-order valence-corrected chi connectivity index (χ4v) is 6.56. The lowest BCUT2D eigenvalue weighted by molar-refractivity contribution is -0.144. The zero-order valence-electron chi connectivity index (χ0n) is 25.8. The third-order valence-corrected chi connectivity index (χ3v) is 8.73. The van der Waals surface area contributed by atoms with Crippen LogP contribution in [-0.2, 0) is 30.4 Å². The Morgan fingerprint density at radius 2 is 1.80 bits per heavy atom. The van der Waals surface area contributed by atoms with Gasteiger partial charge in [0.1, 0.15) is 6.10 Å². The minimum absolute atomic E-state index is 0.0822. The number of esters is 1. The molecule has 0 N–H and O–H groups in total. The number of para-hydroxylation sites is 1. The van der Waals surface area contributed by atoms with Gasteiger partial charge in [0.05, 0.1) is 44.9 Å². The third-order valence-electron chi connectivity index (χ3n) is 8.49. The first kappa shape index (κ1) is 31.9. The van der Waals surface area contributed by atoms with Crippen LogP contribution in [0.3, 0.4) is 0 Å². The van der Waals surface area contributed by atoms with E-state index in [1.54, 1.807) is 21.3 Å². The quantitative estimate of drug-likeness (QED) is 0.227. The van der Waals surface area contributed by atoms with Crippen LogP contribution in [0.15, 0.2) is 48.5 Å². The first-order valence-electron chi connectivity index (χ1n) is 15.2. The number of piperidine rings is 1. The van der Waals surface area contributed by atoms with E-state index in [-0.39, 0.29) is 17.8 Å². The monoisotopic (exact) mass is 624 g/mol. The zero-order chi connectivity index (χ0) is 31.2. The summed E-state index contributed by atoms with van der Waals surface area (Å²) in [7, 11) is 4.90. The first-order chi connectivity index (χ1) is 21.4. The summed E-state index contributed by atoms with van der Waals surface area (Å²) in [6.45, 7) is 3.88. The number of ether oxygens (including phenoxy) is 5. The van der Waals surface area contributed by atoms with Gasteiger partial charge in [0, 0.05) is 54.9 Å². The van der Waals surface area contributed by atoms with Gasteiger partial charge in [-0.3, -0.25) is 9.59 Å². The molecule has 0 radical (unpaired) electrons. The number of aromatic nitrogens is 1. The van der Waals surface area contributed by atoms with Crippen molar-refractivity contribution in [1.82, 2.24) is 9.47 Å². The van der Waals surface area contributed by atoms with Crippen molar-refractivity contribution >= 4 is 23.5 Å². The van der Waals surface area contributed by atoms with Gasteiger partial charge in [0.15, 0.2) is 11.5 Å². The van der Waals surface area contributed by atoms with Gasteiger partial charge in [-0.1, -0.05) is 23.7 Å². The Morgan fingerprint density at radius 1 is 1.00 bits per heavy atom. The van der Waals surface area contributed by atoms with Gasteiger partial charge in [-0.2, -0.15) is 0 Å². The van der Waals surface area contributed by atoms with Crippen molar-refractivity contribution in [3.63, 3.8) is 0 Å².